The van der Waals surface area contributed by atoms with Crippen molar-refractivity contribution >= 4 is 40.4 Å². The average Bonchev–Trinajstić information content (AvgIpc) is 3.06. The quantitative estimate of drug-likeness (QED) is 0.439. The van der Waals surface area contributed by atoms with E-state index in [1.54, 1.807) is 42.5 Å². The highest BCUT2D eigenvalue weighted by Crippen LogP contribution is 2.35. The number of anilines is 2. The molecule has 2 amide bonds. The molecule has 3 aromatic carbocycles. The van der Waals surface area contributed by atoms with E-state index in [4.69, 9.17) is 16.3 Å². The van der Waals surface area contributed by atoms with E-state index in [0.717, 1.165) is 17.5 Å². The number of carbonyl (C=O) groups excluding carboxylic acids is 2. The molecule has 0 atom stereocenters. The minimum atomic E-state index is -0.412. The molecule has 1 N–H and O–H groups in total. The second-order valence-corrected chi connectivity index (χ2v) is 8.17. The normalized spacial score (nSPS) is 13.6. The van der Waals surface area contributed by atoms with Gasteiger partial charge in [0.2, 0.25) is 0 Å². The van der Waals surface area contributed by atoms with Crippen molar-refractivity contribution in [2.24, 2.45) is 0 Å². The molecule has 0 saturated carbocycles. The molecule has 3 aromatic rings. The molecule has 6 heteroatoms. The van der Waals surface area contributed by atoms with Crippen LogP contribution in [0.25, 0.3) is 5.57 Å². The van der Waals surface area contributed by atoms with Crippen LogP contribution in [0.5, 0.6) is 5.75 Å². The van der Waals surface area contributed by atoms with Crippen LogP contribution in [0.4, 0.5) is 11.4 Å². The van der Waals surface area contributed by atoms with Gasteiger partial charge in [0.1, 0.15) is 11.4 Å². The first-order chi connectivity index (χ1) is 15.9. The van der Waals surface area contributed by atoms with Gasteiger partial charge < -0.3 is 10.1 Å². The number of hydrogen-bond acceptors (Lipinski definition) is 4. The van der Waals surface area contributed by atoms with Gasteiger partial charge in [-0.15, -0.1) is 0 Å². The zero-order valence-corrected chi connectivity index (χ0v) is 19.6. The molecule has 0 fully saturated rings. The van der Waals surface area contributed by atoms with Crippen LogP contribution < -0.4 is 15.0 Å². The third-order valence-corrected chi connectivity index (χ3v) is 5.99. The molecule has 1 aliphatic heterocycles. The van der Waals surface area contributed by atoms with E-state index in [0.29, 0.717) is 39.9 Å². The van der Waals surface area contributed by atoms with E-state index < -0.39 is 5.91 Å². The molecule has 4 rings (SSSR count). The SMILES string of the molecule is CCOc1ccc(C2=C(Nc3ccc(C)c(Cl)c3)C(=O)N(c3ccc(CC)cc3)C2=O)cc1. The summed E-state index contributed by atoms with van der Waals surface area (Å²) < 4.78 is 5.52. The second kappa shape index (κ2) is 9.51. The van der Waals surface area contributed by atoms with Crippen LogP contribution in [-0.4, -0.2) is 18.4 Å². The zero-order valence-electron chi connectivity index (χ0n) is 18.8. The number of rotatable bonds is 7. The summed E-state index contributed by atoms with van der Waals surface area (Å²) in [4.78, 5) is 28.3. The summed E-state index contributed by atoms with van der Waals surface area (Å²) in [5.74, 6) is -0.0931. The van der Waals surface area contributed by atoms with Crippen LogP contribution in [0, 0.1) is 6.92 Å². The van der Waals surface area contributed by atoms with E-state index >= 15 is 0 Å². The van der Waals surface area contributed by atoms with Gasteiger partial charge in [-0.25, -0.2) is 4.90 Å². The number of hydrogen-bond donors (Lipinski definition) is 1. The minimum Gasteiger partial charge on any atom is -0.494 e. The van der Waals surface area contributed by atoms with Crippen molar-refractivity contribution in [3.8, 4) is 5.75 Å². The van der Waals surface area contributed by atoms with Gasteiger partial charge in [0.25, 0.3) is 11.8 Å². The monoisotopic (exact) mass is 460 g/mol. The maximum atomic E-state index is 13.6. The van der Waals surface area contributed by atoms with Gasteiger partial charge in [-0.1, -0.05) is 48.9 Å². The maximum absolute atomic E-state index is 13.6. The minimum absolute atomic E-state index is 0.212. The van der Waals surface area contributed by atoms with E-state index in [9.17, 15) is 9.59 Å². The lowest BCUT2D eigenvalue weighted by Crippen LogP contribution is -2.32. The van der Waals surface area contributed by atoms with E-state index in [1.165, 1.54) is 4.90 Å². The maximum Gasteiger partial charge on any atom is 0.282 e. The molecule has 33 heavy (non-hydrogen) atoms. The summed E-state index contributed by atoms with van der Waals surface area (Å²) >= 11 is 6.29. The number of nitrogens with zero attached hydrogens (tertiary/aromatic N) is 1. The van der Waals surface area contributed by atoms with Gasteiger partial charge in [-0.3, -0.25) is 9.59 Å². The van der Waals surface area contributed by atoms with Gasteiger partial charge in [0.15, 0.2) is 0 Å². The Morgan fingerprint density at radius 1 is 0.909 bits per heavy atom. The van der Waals surface area contributed by atoms with Crippen LogP contribution in [0.1, 0.15) is 30.5 Å². The molecule has 0 aliphatic carbocycles. The van der Waals surface area contributed by atoms with Gasteiger partial charge in [-0.05, 0) is 73.4 Å². The third-order valence-electron chi connectivity index (χ3n) is 5.58. The lowest BCUT2D eigenvalue weighted by atomic mass is 10.0. The fourth-order valence-corrected chi connectivity index (χ4v) is 3.91. The number of imide groups is 1. The first-order valence-corrected chi connectivity index (χ1v) is 11.3. The first kappa shape index (κ1) is 22.6. The van der Waals surface area contributed by atoms with Crippen molar-refractivity contribution in [1.82, 2.24) is 0 Å². The Kier molecular flexibility index (Phi) is 6.52. The molecule has 0 radical (unpaired) electrons. The summed E-state index contributed by atoms with van der Waals surface area (Å²) in [6.07, 6.45) is 0.874. The van der Waals surface area contributed by atoms with Crippen molar-refractivity contribution in [3.05, 3.63) is 94.1 Å². The molecule has 1 aliphatic rings. The summed E-state index contributed by atoms with van der Waals surface area (Å²) in [6.45, 7) is 6.41. The summed E-state index contributed by atoms with van der Waals surface area (Å²) in [5.41, 5.74) is 4.37. The number of nitrogens with one attached hydrogen (secondary N) is 1. The van der Waals surface area contributed by atoms with Crippen LogP contribution >= 0.6 is 11.6 Å². The lowest BCUT2D eigenvalue weighted by molar-refractivity contribution is -0.120. The summed E-state index contributed by atoms with van der Waals surface area (Å²) in [7, 11) is 0. The Morgan fingerprint density at radius 2 is 1.61 bits per heavy atom. The molecule has 0 saturated heterocycles. The molecule has 0 unspecified atom stereocenters. The van der Waals surface area contributed by atoms with Crippen LogP contribution in [0.2, 0.25) is 5.02 Å². The van der Waals surface area contributed by atoms with Gasteiger partial charge in [0.05, 0.1) is 17.9 Å². The third kappa shape index (κ3) is 4.50. The molecule has 1 heterocycles. The predicted molar refractivity (Wildman–Crippen MR) is 133 cm³/mol. The Bertz CT molecular complexity index is 1230. The Balaban J connectivity index is 1.78. The van der Waals surface area contributed by atoms with Crippen LogP contribution in [0.3, 0.4) is 0 Å². The van der Waals surface area contributed by atoms with Crippen molar-refractivity contribution < 1.29 is 14.3 Å². The molecule has 0 spiro atoms. The average molecular weight is 461 g/mol. The first-order valence-electron chi connectivity index (χ1n) is 10.9. The molecule has 5 nitrogen and oxygen atoms in total. The summed E-state index contributed by atoms with van der Waals surface area (Å²) in [6, 6.07) is 20.1. The van der Waals surface area contributed by atoms with Crippen molar-refractivity contribution in [2.75, 3.05) is 16.8 Å². The fraction of sp³-hybridized carbons (Fsp3) is 0.185. The van der Waals surface area contributed by atoms with Crippen molar-refractivity contribution in [3.63, 3.8) is 0 Å². The van der Waals surface area contributed by atoms with Gasteiger partial charge >= 0.3 is 0 Å². The zero-order chi connectivity index (χ0) is 23.5. The van der Waals surface area contributed by atoms with E-state index in [-0.39, 0.29) is 11.6 Å². The van der Waals surface area contributed by atoms with Gasteiger partial charge in [0, 0.05) is 10.7 Å². The van der Waals surface area contributed by atoms with Crippen molar-refractivity contribution in [2.45, 2.75) is 27.2 Å². The Morgan fingerprint density at radius 3 is 2.21 bits per heavy atom. The Hall–Kier alpha value is -3.57. The molecular formula is C27H25ClN2O3. The standard InChI is InChI=1S/C27H25ClN2O3/c1-4-18-7-12-21(13-8-18)30-26(31)24(19-9-14-22(15-10-19)33-5-2)25(27(30)32)29-20-11-6-17(3)23(28)16-20/h6-16,29H,4-5H2,1-3H3. The smallest absolute Gasteiger partial charge is 0.282 e. The Labute approximate surface area is 198 Å². The van der Waals surface area contributed by atoms with Crippen LogP contribution in [-0.2, 0) is 16.0 Å². The highest BCUT2D eigenvalue weighted by molar-refractivity contribution is 6.46. The molecule has 168 valence electrons. The van der Waals surface area contributed by atoms with E-state index in [2.05, 4.69) is 12.2 Å². The van der Waals surface area contributed by atoms with Gasteiger partial charge in [-0.2, -0.15) is 0 Å². The predicted octanol–water partition coefficient (Wildman–Crippen LogP) is 6.01. The highest BCUT2D eigenvalue weighted by atomic mass is 35.5. The van der Waals surface area contributed by atoms with Crippen LogP contribution in [0.15, 0.2) is 72.4 Å². The number of halogens is 1. The molecular weight excluding hydrogens is 436 g/mol. The summed E-state index contributed by atoms with van der Waals surface area (Å²) in [5, 5.41) is 3.73. The number of ether oxygens (including phenoxy) is 1. The second-order valence-electron chi connectivity index (χ2n) is 7.76. The number of carbonyl (C=O) groups is 2. The molecule has 0 aromatic heterocycles. The lowest BCUT2D eigenvalue weighted by Gasteiger charge is -2.16. The highest BCUT2D eigenvalue weighted by Gasteiger charge is 2.40. The van der Waals surface area contributed by atoms with Crippen molar-refractivity contribution in [1.29, 1.82) is 0 Å². The molecule has 0 bridgehead atoms. The van der Waals surface area contributed by atoms with E-state index in [1.807, 2.05) is 38.1 Å². The topological polar surface area (TPSA) is 58.6 Å². The number of amides is 2. The number of benzene rings is 3. The largest absolute Gasteiger partial charge is 0.494 e. The fourth-order valence-electron chi connectivity index (χ4n) is 3.73. The number of aryl methyl sites for hydroxylation is 2.